The minimum atomic E-state index is -1.04. The van der Waals surface area contributed by atoms with E-state index in [-0.39, 0.29) is 11.9 Å². The van der Waals surface area contributed by atoms with Crippen LogP contribution in [0, 0.1) is 17.1 Å². The number of carboxylic acid groups (broad SMARTS) is 1. The van der Waals surface area contributed by atoms with Gasteiger partial charge in [-0.3, -0.25) is 0 Å². The summed E-state index contributed by atoms with van der Waals surface area (Å²) in [4.78, 5) is 24.5. The lowest BCUT2D eigenvalue weighted by Gasteiger charge is -2.39. The molecule has 35 heavy (non-hydrogen) atoms. The van der Waals surface area contributed by atoms with Gasteiger partial charge >= 0.3 is 6.09 Å². The molecular formula is C23H21FN8O2S. The summed E-state index contributed by atoms with van der Waals surface area (Å²) in [5.74, 6) is 1.08. The Kier molecular flexibility index (Phi) is 5.70. The molecule has 0 aliphatic carbocycles. The number of imidazole rings is 1. The second-order valence-corrected chi connectivity index (χ2v) is 9.08. The van der Waals surface area contributed by atoms with Crippen LogP contribution in [0.5, 0.6) is 0 Å². The summed E-state index contributed by atoms with van der Waals surface area (Å²) in [5, 5.41) is 26.4. The molecule has 1 fully saturated rings. The van der Waals surface area contributed by atoms with Crippen molar-refractivity contribution in [3.8, 4) is 17.3 Å². The molecule has 1 aliphatic rings. The Labute approximate surface area is 203 Å². The fourth-order valence-corrected chi connectivity index (χ4v) is 4.90. The molecule has 0 radical (unpaired) electrons. The summed E-state index contributed by atoms with van der Waals surface area (Å²) in [6.07, 6.45) is -0.377. The fourth-order valence-electron chi connectivity index (χ4n) is 4.05. The summed E-state index contributed by atoms with van der Waals surface area (Å²) in [7, 11) is 1.85. The second-order valence-electron chi connectivity index (χ2n) is 8.10. The zero-order valence-corrected chi connectivity index (χ0v) is 19.8. The number of fused-ring (bicyclic) bond motifs is 1. The molecule has 1 aromatic carbocycles. The summed E-state index contributed by atoms with van der Waals surface area (Å²) in [6.45, 7) is 3.07. The number of thiazole rings is 1. The van der Waals surface area contributed by atoms with Crippen molar-refractivity contribution in [1.82, 2.24) is 24.9 Å². The van der Waals surface area contributed by atoms with E-state index in [0.717, 1.165) is 11.5 Å². The lowest BCUT2D eigenvalue weighted by Crippen LogP contribution is -2.59. The number of nitriles is 1. The van der Waals surface area contributed by atoms with Crippen LogP contribution in [0.3, 0.4) is 0 Å². The molecule has 1 saturated heterocycles. The minimum absolute atomic E-state index is 0.134. The number of benzene rings is 1. The number of aryl methyl sites for hydroxylation is 1. The summed E-state index contributed by atoms with van der Waals surface area (Å²) >= 11 is 1.24. The van der Waals surface area contributed by atoms with Crippen LogP contribution in [0.25, 0.3) is 16.9 Å². The third kappa shape index (κ3) is 4.10. The number of hydrogen-bond donors (Lipinski definition) is 2. The molecule has 12 heteroatoms. The molecular weight excluding hydrogens is 471 g/mol. The maximum Gasteiger partial charge on any atom is 0.405 e. The van der Waals surface area contributed by atoms with Crippen LogP contribution in [0.2, 0.25) is 0 Å². The number of rotatable bonds is 6. The standard InChI is InChI=1S/C23H21FN8O2S/c1-3-16-21(30(2)22-28-20(17(10-25)35-22)13-4-6-14(24)7-5-13)32-18(27-16)8-9-19(29-32)31-11-15(12-31)26-23(33)34/h4-9,15,26H,3,11-12H2,1-2H3,(H,33,34). The van der Waals surface area contributed by atoms with Crippen molar-refractivity contribution in [3.63, 3.8) is 0 Å². The number of anilines is 3. The van der Waals surface area contributed by atoms with Crippen LogP contribution in [-0.2, 0) is 6.42 Å². The van der Waals surface area contributed by atoms with Crippen molar-refractivity contribution in [2.45, 2.75) is 19.4 Å². The maximum atomic E-state index is 13.4. The predicted octanol–water partition coefficient (Wildman–Crippen LogP) is 3.65. The monoisotopic (exact) mass is 492 g/mol. The molecule has 1 aliphatic heterocycles. The van der Waals surface area contributed by atoms with Crippen molar-refractivity contribution in [3.05, 3.63) is 52.8 Å². The Morgan fingerprint density at radius 1 is 1.29 bits per heavy atom. The van der Waals surface area contributed by atoms with Crippen molar-refractivity contribution in [2.24, 2.45) is 0 Å². The van der Waals surface area contributed by atoms with E-state index in [1.54, 1.807) is 16.6 Å². The third-order valence-electron chi connectivity index (χ3n) is 5.82. The van der Waals surface area contributed by atoms with E-state index in [1.165, 1.54) is 23.5 Å². The Morgan fingerprint density at radius 2 is 2.03 bits per heavy atom. The molecule has 4 heterocycles. The largest absolute Gasteiger partial charge is 0.465 e. The van der Waals surface area contributed by atoms with Crippen LogP contribution in [0.4, 0.5) is 26.0 Å². The highest BCUT2D eigenvalue weighted by atomic mass is 32.1. The normalized spacial score (nSPS) is 13.5. The number of carbonyl (C=O) groups is 1. The van der Waals surface area contributed by atoms with Crippen LogP contribution >= 0.6 is 11.3 Å². The van der Waals surface area contributed by atoms with Gasteiger partial charge in [0.15, 0.2) is 16.6 Å². The molecule has 178 valence electrons. The molecule has 5 rings (SSSR count). The van der Waals surface area contributed by atoms with E-state index >= 15 is 0 Å². The molecule has 3 aromatic heterocycles. The number of hydrogen-bond acceptors (Lipinski definition) is 8. The van der Waals surface area contributed by atoms with Crippen molar-refractivity contribution < 1.29 is 14.3 Å². The molecule has 0 spiro atoms. The van der Waals surface area contributed by atoms with Gasteiger partial charge in [-0.2, -0.15) is 9.78 Å². The molecule has 0 saturated carbocycles. The first kappa shape index (κ1) is 22.5. The van der Waals surface area contributed by atoms with E-state index in [2.05, 4.69) is 11.4 Å². The second kappa shape index (κ2) is 8.84. The third-order valence-corrected chi connectivity index (χ3v) is 6.85. The van der Waals surface area contributed by atoms with Gasteiger partial charge in [-0.25, -0.2) is 19.2 Å². The lowest BCUT2D eigenvalue weighted by atomic mass is 10.1. The molecule has 10 nitrogen and oxygen atoms in total. The summed E-state index contributed by atoms with van der Waals surface area (Å²) in [6, 6.07) is 11.7. The van der Waals surface area contributed by atoms with Crippen molar-refractivity contribution >= 4 is 39.8 Å². The van der Waals surface area contributed by atoms with Crippen molar-refractivity contribution in [1.29, 1.82) is 5.26 Å². The first-order valence-corrected chi connectivity index (χ1v) is 11.7. The number of aromatic nitrogens is 4. The quantitative estimate of drug-likeness (QED) is 0.418. The van der Waals surface area contributed by atoms with Crippen LogP contribution in [0.1, 0.15) is 17.5 Å². The molecule has 0 unspecified atom stereocenters. The average Bonchev–Trinajstić information content (AvgIpc) is 3.42. The van der Waals surface area contributed by atoms with Gasteiger partial charge in [0, 0.05) is 25.7 Å². The van der Waals surface area contributed by atoms with Gasteiger partial charge in [-0.1, -0.05) is 18.3 Å². The first-order chi connectivity index (χ1) is 16.9. The van der Waals surface area contributed by atoms with Gasteiger partial charge in [0.2, 0.25) is 0 Å². The average molecular weight is 493 g/mol. The minimum Gasteiger partial charge on any atom is -0.465 e. The van der Waals surface area contributed by atoms with Gasteiger partial charge in [0.1, 0.15) is 28.3 Å². The molecule has 1 amide bonds. The van der Waals surface area contributed by atoms with Crippen molar-refractivity contribution in [2.75, 3.05) is 29.9 Å². The predicted molar refractivity (Wildman–Crippen MR) is 130 cm³/mol. The maximum absolute atomic E-state index is 13.4. The zero-order valence-electron chi connectivity index (χ0n) is 18.9. The highest BCUT2D eigenvalue weighted by molar-refractivity contribution is 7.16. The van der Waals surface area contributed by atoms with Crippen LogP contribution < -0.4 is 15.1 Å². The van der Waals surface area contributed by atoms with E-state index in [1.807, 2.05) is 35.9 Å². The van der Waals surface area contributed by atoms with Gasteiger partial charge in [-0.15, -0.1) is 5.10 Å². The van der Waals surface area contributed by atoms with Gasteiger partial charge in [-0.05, 0) is 42.8 Å². The summed E-state index contributed by atoms with van der Waals surface area (Å²) < 4.78 is 15.1. The number of halogens is 1. The Bertz CT molecular complexity index is 1450. The van der Waals surface area contributed by atoms with E-state index in [9.17, 15) is 14.4 Å². The molecule has 2 N–H and O–H groups in total. The van der Waals surface area contributed by atoms with E-state index in [4.69, 9.17) is 20.2 Å². The highest BCUT2D eigenvalue weighted by Crippen LogP contribution is 2.37. The Morgan fingerprint density at radius 3 is 2.69 bits per heavy atom. The van der Waals surface area contributed by atoms with Crippen LogP contribution in [0.15, 0.2) is 36.4 Å². The first-order valence-electron chi connectivity index (χ1n) is 10.9. The molecule has 4 aromatic rings. The van der Waals surface area contributed by atoms with Gasteiger partial charge < -0.3 is 20.2 Å². The SMILES string of the molecule is CCc1nc2ccc(N3CC(NC(=O)O)C3)nn2c1N(C)c1nc(-c2ccc(F)cc2)c(C#N)s1. The van der Waals surface area contributed by atoms with Crippen LogP contribution in [-0.4, -0.2) is 57.0 Å². The highest BCUT2D eigenvalue weighted by Gasteiger charge is 2.30. The summed E-state index contributed by atoms with van der Waals surface area (Å²) in [5.41, 5.74) is 2.65. The van der Waals surface area contributed by atoms with Gasteiger partial charge in [0.25, 0.3) is 0 Å². The van der Waals surface area contributed by atoms with Gasteiger partial charge in [0.05, 0.1) is 11.7 Å². The van der Waals surface area contributed by atoms with E-state index in [0.29, 0.717) is 52.2 Å². The topological polar surface area (TPSA) is 123 Å². The zero-order chi connectivity index (χ0) is 24.7. The molecule has 0 bridgehead atoms. The Hall–Kier alpha value is -4.24. The Balaban J connectivity index is 1.51. The smallest absolute Gasteiger partial charge is 0.405 e. The number of nitrogens with zero attached hydrogens (tertiary/aromatic N) is 7. The number of nitrogens with one attached hydrogen (secondary N) is 1. The fraction of sp³-hybridized carbons (Fsp3) is 0.261. The molecule has 0 atom stereocenters. The lowest BCUT2D eigenvalue weighted by molar-refractivity contribution is 0.187. The number of amides is 1. The van der Waals surface area contributed by atoms with E-state index < -0.39 is 6.09 Å².